The Hall–Kier alpha value is -1.56. The minimum Gasteiger partial charge on any atom is -0.338 e. The predicted octanol–water partition coefficient (Wildman–Crippen LogP) is 2.12. The number of nitrogens with one attached hydrogen (secondary N) is 2. The summed E-state index contributed by atoms with van der Waals surface area (Å²) in [6, 6.07) is 1.91. The lowest BCUT2D eigenvalue weighted by molar-refractivity contribution is -0.131. The van der Waals surface area contributed by atoms with E-state index in [0.717, 1.165) is 25.8 Å². The maximum Gasteiger partial charge on any atom is 0.314 e. The molecule has 0 radical (unpaired) electrons. The maximum absolute atomic E-state index is 12.1. The van der Waals surface area contributed by atoms with Gasteiger partial charge in [0.2, 0.25) is 5.91 Å². The summed E-state index contributed by atoms with van der Waals surface area (Å²) < 4.78 is 0. The molecule has 0 unspecified atom stereocenters. The minimum atomic E-state index is -0.185. The molecule has 1 aromatic heterocycles. The monoisotopic (exact) mass is 309 g/mol. The number of urea groups is 1. The standard InChI is InChI=1S/C15H23N3O2S/c1-2-3-7-16-15(20)17-8-4-14(19)18-9-5-13-12(11-18)6-10-21-13/h6,10H,2-5,7-9,11H2,1H3,(H2,16,17,20). The molecule has 0 spiro atoms. The molecule has 0 atom stereocenters. The predicted molar refractivity (Wildman–Crippen MR) is 84.4 cm³/mol. The average Bonchev–Trinajstić information content (AvgIpc) is 2.94. The van der Waals surface area contributed by atoms with E-state index in [-0.39, 0.29) is 11.9 Å². The van der Waals surface area contributed by atoms with Gasteiger partial charge < -0.3 is 15.5 Å². The minimum absolute atomic E-state index is 0.112. The number of hydrogen-bond donors (Lipinski definition) is 2. The van der Waals surface area contributed by atoms with Gasteiger partial charge in [0.05, 0.1) is 0 Å². The third kappa shape index (κ3) is 4.74. The van der Waals surface area contributed by atoms with Crippen LogP contribution in [0.15, 0.2) is 11.4 Å². The molecule has 0 saturated carbocycles. The number of carbonyl (C=O) groups is 2. The van der Waals surface area contributed by atoms with Crippen LogP contribution < -0.4 is 10.6 Å². The molecule has 2 N–H and O–H groups in total. The van der Waals surface area contributed by atoms with E-state index in [2.05, 4.69) is 29.0 Å². The van der Waals surface area contributed by atoms with Crippen molar-refractivity contribution in [2.24, 2.45) is 0 Å². The first-order valence-electron chi connectivity index (χ1n) is 7.55. The van der Waals surface area contributed by atoms with E-state index in [9.17, 15) is 9.59 Å². The number of fused-ring (bicyclic) bond motifs is 1. The highest BCUT2D eigenvalue weighted by Gasteiger charge is 2.20. The summed E-state index contributed by atoms with van der Waals surface area (Å²) in [5.74, 6) is 0.112. The van der Waals surface area contributed by atoms with Crippen molar-refractivity contribution in [2.75, 3.05) is 19.6 Å². The fourth-order valence-electron chi connectivity index (χ4n) is 2.34. The highest BCUT2D eigenvalue weighted by atomic mass is 32.1. The summed E-state index contributed by atoms with van der Waals surface area (Å²) in [5.41, 5.74) is 1.27. The molecule has 0 fully saturated rings. The van der Waals surface area contributed by atoms with Gasteiger partial charge in [-0.15, -0.1) is 11.3 Å². The van der Waals surface area contributed by atoms with Gasteiger partial charge in [-0.05, 0) is 29.9 Å². The van der Waals surface area contributed by atoms with Crippen molar-refractivity contribution in [3.05, 3.63) is 21.9 Å². The van der Waals surface area contributed by atoms with Crippen LogP contribution in [0.3, 0.4) is 0 Å². The van der Waals surface area contributed by atoms with Crippen LogP contribution in [0.1, 0.15) is 36.6 Å². The topological polar surface area (TPSA) is 61.4 Å². The van der Waals surface area contributed by atoms with Gasteiger partial charge in [-0.2, -0.15) is 0 Å². The van der Waals surface area contributed by atoms with E-state index >= 15 is 0 Å². The van der Waals surface area contributed by atoms with Crippen LogP contribution in [0.25, 0.3) is 0 Å². The summed E-state index contributed by atoms with van der Waals surface area (Å²) in [5, 5.41) is 7.59. The Bertz CT molecular complexity index is 487. The van der Waals surface area contributed by atoms with E-state index in [1.165, 1.54) is 10.4 Å². The molecule has 1 aliphatic rings. The summed E-state index contributed by atoms with van der Waals surface area (Å²) >= 11 is 1.77. The second-order valence-corrected chi connectivity index (χ2v) is 6.22. The van der Waals surface area contributed by atoms with E-state index in [0.29, 0.717) is 26.1 Å². The van der Waals surface area contributed by atoms with Crippen LogP contribution in [0, 0.1) is 0 Å². The Kier molecular flexibility index (Phi) is 6.04. The highest BCUT2D eigenvalue weighted by Crippen LogP contribution is 2.24. The van der Waals surface area contributed by atoms with Crippen molar-refractivity contribution >= 4 is 23.3 Å². The molecule has 0 saturated heterocycles. The number of hydrogen-bond acceptors (Lipinski definition) is 3. The Morgan fingerprint density at radius 2 is 2.14 bits per heavy atom. The first kappa shape index (κ1) is 15.8. The van der Waals surface area contributed by atoms with E-state index in [4.69, 9.17) is 0 Å². The van der Waals surface area contributed by atoms with Gasteiger partial charge in [-0.3, -0.25) is 4.79 Å². The van der Waals surface area contributed by atoms with E-state index in [1.54, 1.807) is 11.3 Å². The highest BCUT2D eigenvalue weighted by molar-refractivity contribution is 7.10. The molecule has 0 aliphatic carbocycles. The van der Waals surface area contributed by atoms with E-state index in [1.807, 2.05) is 4.90 Å². The molecule has 116 valence electrons. The maximum atomic E-state index is 12.1. The lowest BCUT2D eigenvalue weighted by Gasteiger charge is -2.27. The molecular weight excluding hydrogens is 286 g/mol. The van der Waals surface area contributed by atoms with Gasteiger partial charge in [-0.1, -0.05) is 13.3 Å². The molecule has 3 amide bonds. The van der Waals surface area contributed by atoms with Crippen LogP contribution in [0.2, 0.25) is 0 Å². The molecule has 1 aliphatic heterocycles. The first-order valence-corrected chi connectivity index (χ1v) is 8.43. The fourth-order valence-corrected chi connectivity index (χ4v) is 3.23. The quantitative estimate of drug-likeness (QED) is 0.791. The third-order valence-corrected chi connectivity index (χ3v) is 4.62. The zero-order chi connectivity index (χ0) is 15.1. The van der Waals surface area contributed by atoms with Crippen molar-refractivity contribution in [1.29, 1.82) is 0 Å². The molecule has 6 heteroatoms. The number of nitrogens with zero attached hydrogens (tertiary/aromatic N) is 1. The van der Waals surface area contributed by atoms with Crippen molar-refractivity contribution in [2.45, 2.75) is 39.2 Å². The SMILES string of the molecule is CCCCNC(=O)NCCC(=O)N1CCc2sccc2C1. The second kappa shape index (κ2) is 8.02. The molecule has 2 rings (SSSR count). The largest absolute Gasteiger partial charge is 0.338 e. The van der Waals surface area contributed by atoms with Gasteiger partial charge >= 0.3 is 6.03 Å². The Morgan fingerprint density at radius 1 is 1.33 bits per heavy atom. The van der Waals surface area contributed by atoms with Gasteiger partial charge in [0.15, 0.2) is 0 Å². The number of thiophene rings is 1. The van der Waals surface area contributed by atoms with Gasteiger partial charge in [-0.25, -0.2) is 4.79 Å². The summed E-state index contributed by atoms with van der Waals surface area (Å²) in [6.07, 6.45) is 3.34. The average molecular weight is 309 g/mol. The Labute approximate surface area is 129 Å². The van der Waals surface area contributed by atoms with Crippen LogP contribution in [-0.2, 0) is 17.8 Å². The first-order chi connectivity index (χ1) is 10.2. The van der Waals surface area contributed by atoms with Crippen LogP contribution in [0.5, 0.6) is 0 Å². The summed E-state index contributed by atoms with van der Waals surface area (Å²) in [4.78, 5) is 26.9. The number of carbonyl (C=O) groups excluding carboxylic acids is 2. The van der Waals surface area contributed by atoms with Crippen LogP contribution in [0.4, 0.5) is 4.79 Å². The lowest BCUT2D eigenvalue weighted by atomic mass is 10.1. The number of unbranched alkanes of at least 4 members (excludes halogenated alkanes) is 1. The normalized spacial score (nSPS) is 13.7. The van der Waals surface area contributed by atoms with Crippen molar-refractivity contribution in [3.63, 3.8) is 0 Å². The van der Waals surface area contributed by atoms with Crippen molar-refractivity contribution in [1.82, 2.24) is 15.5 Å². The smallest absolute Gasteiger partial charge is 0.314 e. The zero-order valence-corrected chi connectivity index (χ0v) is 13.3. The molecule has 2 heterocycles. The van der Waals surface area contributed by atoms with Crippen molar-refractivity contribution < 1.29 is 9.59 Å². The van der Waals surface area contributed by atoms with Gasteiger partial charge in [0.25, 0.3) is 0 Å². The molecule has 5 nitrogen and oxygen atoms in total. The Balaban J connectivity index is 1.65. The third-order valence-electron chi connectivity index (χ3n) is 3.60. The fraction of sp³-hybridized carbons (Fsp3) is 0.600. The van der Waals surface area contributed by atoms with Gasteiger partial charge in [0.1, 0.15) is 0 Å². The van der Waals surface area contributed by atoms with Crippen molar-refractivity contribution in [3.8, 4) is 0 Å². The molecule has 0 aromatic carbocycles. The summed E-state index contributed by atoms with van der Waals surface area (Å²) in [7, 11) is 0. The van der Waals surface area contributed by atoms with Gasteiger partial charge in [0, 0.05) is 37.5 Å². The number of rotatable bonds is 6. The lowest BCUT2D eigenvalue weighted by Crippen LogP contribution is -2.40. The summed E-state index contributed by atoms with van der Waals surface area (Å²) in [6.45, 7) is 4.65. The molecule has 21 heavy (non-hydrogen) atoms. The molecule has 1 aromatic rings. The molecular formula is C15H23N3O2S. The van der Waals surface area contributed by atoms with E-state index < -0.39 is 0 Å². The van der Waals surface area contributed by atoms with Crippen LogP contribution >= 0.6 is 11.3 Å². The molecule has 0 bridgehead atoms. The number of amides is 3. The zero-order valence-electron chi connectivity index (χ0n) is 12.5. The second-order valence-electron chi connectivity index (χ2n) is 5.22. The Morgan fingerprint density at radius 3 is 2.95 bits per heavy atom. The van der Waals surface area contributed by atoms with Crippen LogP contribution in [-0.4, -0.2) is 36.5 Å².